The van der Waals surface area contributed by atoms with Gasteiger partial charge in [-0.25, -0.2) is 0 Å². The molecule has 14 heavy (non-hydrogen) atoms. The molecule has 0 saturated carbocycles. The van der Waals surface area contributed by atoms with E-state index in [1.54, 1.807) is 0 Å². The minimum Gasteiger partial charge on any atom is -0.371 e. The largest absolute Gasteiger partial charge is 0.371 e. The summed E-state index contributed by atoms with van der Waals surface area (Å²) >= 11 is 0. The first-order valence-corrected chi connectivity index (χ1v) is 5.16. The summed E-state index contributed by atoms with van der Waals surface area (Å²) in [5.74, 6) is 3.34. The van der Waals surface area contributed by atoms with Crippen molar-refractivity contribution >= 4 is 5.69 Å². The molecule has 1 aliphatic heterocycles. The maximum absolute atomic E-state index is 5.42. The number of anilines is 1. The van der Waals surface area contributed by atoms with Crippen molar-refractivity contribution in [1.29, 1.82) is 0 Å². The summed E-state index contributed by atoms with van der Waals surface area (Å²) < 4.78 is 0. The van der Waals surface area contributed by atoms with E-state index in [4.69, 9.17) is 6.42 Å². The predicted molar refractivity (Wildman–Crippen MR) is 60.2 cm³/mol. The fourth-order valence-electron chi connectivity index (χ4n) is 1.94. The molecule has 1 nitrogen and oxygen atoms in total. The molecule has 0 spiro atoms. The van der Waals surface area contributed by atoms with Gasteiger partial charge in [0.05, 0.1) is 0 Å². The summed E-state index contributed by atoms with van der Waals surface area (Å²) in [5, 5.41) is 0. The van der Waals surface area contributed by atoms with Gasteiger partial charge in [0.2, 0.25) is 0 Å². The van der Waals surface area contributed by atoms with Crippen LogP contribution >= 0.6 is 0 Å². The van der Waals surface area contributed by atoms with Crippen molar-refractivity contribution in [2.45, 2.75) is 12.8 Å². The molecule has 0 aromatic heterocycles. The van der Waals surface area contributed by atoms with E-state index in [1.165, 1.54) is 5.69 Å². The van der Waals surface area contributed by atoms with Crippen molar-refractivity contribution in [3.63, 3.8) is 0 Å². The van der Waals surface area contributed by atoms with Crippen LogP contribution in [-0.2, 0) is 0 Å². The second-order valence-corrected chi connectivity index (χ2v) is 3.76. The minimum absolute atomic E-state index is 0.495. The molecule has 0 amide bonds. The highest BCUT2D eigenvalue weighted by molar-refractivity contribution is 5.46. The Hall–Kier alpha value is -1.42. The lowest BCUT2D eigenvalue weighted by Crippen LogP contribution is -2.33. The second-order valence-electron chi connectivity index (χ2n) is 3.76. The molecule has 1 saturated heterocycles. The van der Waals surface area contributed by atoms with E-state index in [1.807, 2.05) is 0 Å². The van der Waals surface area contributed by atoms with E-state index in [2.05, 4.69) is 41.2 Å². The van der Waals surface area contributed by atoms with Crippen LogP contribution in [0, 0.1) is 18.3 Å². The lowest BCUT2D eigenvalue weighted by Gasteiger charge is -2.31. The monoisotopic (exact) mass is 185 g/mol. The lowest BCUT2D eigenvalue weighted by molar-refractivity contribution is 0.492. The van der Waals surface area contributed by atoms with Crippen molar-refractivity contribution in [3.8, 4) is 12.3 Å². The van der Waals surface area contributed by atoms with Gasteiger partial charge in [0, 0.05) is 24.7 Å². The van der Waals surface area contributed by atoms with Crippen LogP contribution in [0.3, 0.4) is 0 Å². The normalized spacial score (nSPS) is 17.8. The summed E-state index contributed by atoms with van der Waals surface area (Å²) in [6.07, 6.45) is 7.68. The minimum atomic E-state index is 0.495. The predicted octanol–water partition coefficient (Wildman–Crippen LogP) is 2.54. The zero-order valence-electron chi connectivity index (χ0n) is 8.32. The first-order chi connectivity index (χ1) is 6.90. The Balaban J connectivity index is 2.00. The topological polar surface area (TPSA) is 3.24 Å². The van der Waals surface area contributed by atoms with Crippen LogP contribution in [0.2, 0.25) is 0 Å². The summed E-state index contributed by atoms with van der Waals surface area (Å²) in [7, 11) is 0. The Kier molecular flexibility index (Phi) is 2.74. The van der Waals surface area contributed by atoms with Crippen LogP contribution in [0.15, 0.2) is 30.3 Å². The van der Waals surface area contributed by atoms with Gasteiger partial charge in [0.1, 0.15) is 0 Å². The highest BCUT2D eigenvalue weighted by Gasteiger charge is 2.16. The van der Waals surface area contributed by atoms with Gasteiger partial charge in [0.15, 0.2) is 0 Å². The molecule has 0 unspecified atom stereocenters. The van der Waals surface area contributed by atoms with Gasteiger partial charge in [0.25, 0.3) is 0 Å². The molecule has 1 heterocycles. The van der Waals surface area contributed by atoms with E-state index in [-0.39, 0.29) is 0 Å². The molecule has 0 aliphatic carbocycles. The molecular weight excluding hydrogens is 170 g/mol. The molecule has 1 aromatic rings. The average molecular weight is 185 g/mol. The van der Waals surface area contributed by atoms with E-state index < -0.39 is 0 Å². The molecule has 0 N–H and O–H groups in total. The second kappa shape index (κ2) is 4.19. The number of terminal acetylenes is 1. The Labute approximate surface area is 85.7 Å². The number of rotatable bonds is 1. The number of benzene rings is 1. The maximum Gasteiger partial charge on any atom is 0.0366 e. The van der Waals surface area contributed by atoms with E-state index in [0.29, 0.717) is 5.92 Å². The van der Waals surface area contributed by atoms with Gasteiger partial charge in [-0.05, 0) is 25.0 Å². The van der Waals surface area contributed by atoms with E-state index in [0.717, 1.165) is 25.9 Å². The fraction of sp³-hybridized carbons (Fsp3) is 0.385. The van der Waals surface area contributed by atoms with Crippen LogP contribution in [0.4, 0.5) is 5.69 Å². The van der Waals surface area contributed by atoms with Gasteiger partial charge >= 0.3 is 0 Å². The van der Waals surface area contributed by atoms with Crippen molar-refractivity contribution in [2.24, 2.45) is 5.92 Å². The SMILES string of the molecule is C#CC1CCN(c2ccccc2)CC1. The molecule has 72 valence electrons. The Morgan fingerprint density at radius 3 is 2.36 bits per heavy atom. The molecule has 1 aromatic carbocycles. The molecule has 1 aliphatic rings. The van der Waals surface area contributed by atoms with Crippen molar-refractivity contribution in [3.05, 3.63) is 30.3 Å². The summed E-state index contributed by atoms with van der Waals surface area (Å²) in [6, 6.07) is 10.6. The number of hydrogen-bond donors (Lipinski definition) is 0. The third kappa shape index (κ3) is 1.90. The van der Waals surface area contributed by atoms with Gasteiger partial charge < -0.3 is 4.90 Å². The maximum atomic E-state index is 5.42. The molecular formula is C13H15N. The van der Waals surface area contributed by atoms with Crippen LogP contribution in [0.25, 0.3) is 0 Å². The highest BCUT2D eigenvalue weighted by atomic mass is 15.1. The highest BCUT2D eigenvalue weighted by Crippen LogP contribution is 2.22. The van der Waals surface area contributed by atoms with Crippen LogP contribution in [0.1, 0.15) is 12.8 Å². The molecule has 2 rings (SSSR count). The zero-order chi connectivity index (χ0) is 9.80. The Morgan fingerprint density at radius 2 is 1.79 bits per heavy atom. The third-order valence-corrected chi connectivity index (χ3v) is 2.85. The van der Waals surface area contributed by atoms with E-state index >= 15 is 0 Å². The van der Waals surface area contributed by atoms with Crippen LogP contribution in [0.5, 0.6) is 0 Å². The van der Waals surface area contributed by atoms with Crippen molar-refractivity contribution in [1.82, 2.24) is 0 Å². The van der Waals surface area contributed by atoms with Crippen LogP contribution in [-0.4, -0.2) is 13.1 Å². The number of hydrogen-bond acceptors (Lipinski definition) is 1. The standard InChI is InChI=1S/C13H15N/c1-2-12-8-10-14(11-9-12)13-6-4-3-5-7-13/h1,3-7,12H,8-11H2. The molecule has 0 atom stereocenters. The van der Waals surface area contributed by atoms with E-state index in [9.17, 15) is 0 Å². The first-order valence-electron chi connectivity index (χ1n) is 5.16. The fourth-order valence-corrected chi connectivity index (χ4v) is 1.94. The van der Waals surface area contributed by atoms with Crippen molar-refractivity contribution < 1.29 is 0 Å². The molecule has 1 fully saturated rings. The zero-order valence-corrected chi connectivity index (χ0v) is 8.32. The van der Waals surface area contributed by atoms with Gasteiger partial charge in [-0.2, -0.15) is 0 Å². The Morgan fingerprint density at radius 1 is 1.14 bits per heavy atom. The van der Waals surface area contributed by atoms with Crippen LogP contribution < -0.4 is 4.90 Å². The summed E-state index contributed by atoms with van der Waals surface area (Å²) in [4.78, 5) is 2.41. The number of piperidine rings is 1. The average Bonchev–Trinajstić information content (AvgIpc) is 2.30. The summed E-state index contributed by atoms with van der Waals surface area (Å²) in [5.41, 5.74) is 1.32. The smallest absolute Gasteiger partial charge is 0.0366 e. The van der Waals surface area contributed by atoms with Crippen molar-refractivity contribution in [2.75, 3.05) is 18.0 Å². The molecule has 1 heteroatoms. The molecule has 0 radical (unpaired) electrons. The van der Waals surface area contributed by atoms with Gasteiger partial charge in [-0.3, -0.25) is 0 Å². The Bertz CT molecular complexity index is 315. The lowest BCUT2D eigenvalue weighted by atomic mass is 9.97. The third-order valence-electron chi connectivity index (χ3n) is 2.85. The van der Waals surface area contributed by atoms with Gasteiger partial charge in [-0.15, -0.1) is 12.3 Å². The van der Waals surface area contributed by atoms with Gasteiger partial charge in [-0.1, -0.05) is 18.2 Å². The first kappa shape index (κ1) is 9.15. The quantitative estimate of drug-likeness (QED) is 0.608. The summed E-state index contributed by atoms with van der Waals surface area (Å²) in [6.45, 7) is 2.19. The number of para-hydroxylation sites is 1. The molecule has 0 bridgehead atoms. The number of nitrogens with zero attached hydrogens (tertiary/aromatic N) is 1.